The molecule has 6 atom stereocenters. The van der Waals surface area contributed by atoms with E-state index in [0.29, 0.717) is 21.7 Å². The van der Waals surface area contributed by atoms with Crippen molar-refractivity contribution in [1.82, 2.24) is 0 Å². The van der Waals surface area contributed by atoms with Gasteiger partial charge in [0.25, 0.3) is 0 Å². The molecule has 1 saturated heterocycles. The zero-order chi connectivity index (χ0) is 18.9. The van der Waals surface area contributed by atoms with Crippen molar-refractivity contribution in [2.45, 2.75) is 98.2 Å². The normalized spacial score (nSPS) is 56.1. The van der Waals surface area contributed by atoms with Crippen LogP contribution in [0.1, 0.15) is 92.4 Å². The van der Waals surface area contributed by atoms with Crippen LogP contribution >= 0.6 is 0 Å². The van der Waals surface area contributed by atoms with Crippen molar-refractivity contribution in [3.05, 3.63) is 0 Å². The number of hydrogen-bond acceptors (Lipinski definition) is 2. The highest BCUT2D eigenvalue weighted by Gasteiger charge is 2.87. The second-order valence-corrected chi connectivity index (χ2v) is 12.9. The van der Waals surface area contributed by atoms with E-state index in [9.17, 15) is 0 Å². The highest BCUT2D eigenvalue weighted by atomic mass is 16.7. The topological polar surface area (TPSA) is 18.5 Å². The maximum Gasteiger partial charge on any atom is 0.174 e. The summed E-state index contributed by atoms with van der Waals surface area (Å²) in [5, 5.41) is 0. The van der Waals surface area contributed by atoms with E-state index in [1.165, 1.54) is 51.4 Å². The van der Waals surface area contributed by atoms with Crippen LogP contribution in [0.15, 0.2) is 0 Å². The summed E-state index contributed by atoms with van der Waals surface area (Å²) in [7, 11) is 0. The van der Waals surface area contributed by atoms with Gasteiger partial charge in [0.05, 0.1) is 13.2 Å². The standard InChI is InChI=1S/C25H40O2/c1-20(2)12-13-24-19-7-9-22(5)18(8-11-25(22)26-14-15-27-25)17(19)6-10-23(24,16-20)21(24,3)4/h17-19H,6-16H2,1-5H3/t17-,18-,19-,22-,23?,24?/m0/s1. The predicted molar refractivity (Wildman–Crippen MR) is 107 cm³/mol. The molecule has 5 aliphatic carbocycles. The van der Waals surface area contributed by atoms with E-state index in [1.807, 2.05) is 0 Å². The third kappa shape index (κ3) is 1.68. The molecule has 0 amide bonds. The number of fused-ring (bicyclic) bond motifs is 4. The van der Waals surface area contributed by atoms with Crippen LogP contribution in [-0.2, 0) is 9.47 Å². The zero-order valence-electron chi connectivity index (χ0n) is 18.3. The Kier molecular flexibility index (Phi) is 3.15. The van der Waals surface area contributed by atoms with Gasteiger partial charge in [-0.05, 0) is 90.8 Å². The molecule has 27 heavy (non-hydrogen) atoms. The van der Waals surface area contributed by atoms with Crippen molar-refractivity contribution in [1.29, 1.82) is 0 Å². The van der Waals surface area contributed by atoms with Crippen LogP contribution in [0.25, 0.3) is 0 Å². The van der Waals surface area contributed by atoms with E-state index in [-0.39, 0.29) is 11.2 Å². The molecular formula is C25H40O2. The predicted octanol–water partition coefficient (Wildman–Crippen LogP) is 6.19. The van der Waals surface area contributed by atoms with Crippen LogP contribution in [0.4, 0.5) is 0 Å². The van der Waals surface area contributed by atoms with Gasteiger partial charge < -0.3 is 9.47 Å². The van der Waals surface area contributed by atoms with Crippen LogP contribution < -0.4 is 0 Å². The molecule has 0 bridgehead atoms. The fourth-order valence-corrected chi connectivity index (χ4v) is 10.8. The first-order valence-corrected chi connectivity index (χ1v) is 11.9. The molecule has 6 aliphatic rings. The summed E-state index contributed by atoms with van der Waals surface area (Å²) in [5.41, 5.74) is 2.66. The Morgan fingerprint density at radius 1 is 0.704 bits per heavy atom. The van der Waals surface area contributed by atoms with Gasteiger partial charge in [0.15, 0.2) is 5.79 Å². The molecule has 0 aromatic heterocycles. The summed E-state index contributed by atoms with van der Waals surface area (Å²) < 4.78 is 12.7. The summed E-state index contributed by atoms with van der Waals surface area (Å²) in [6.45, 7) is 14.6. The first-order valence-electron chi connectivity index (χ1n) is 11.9. The zero-order valence-corrected chi connectivity index (χ0v) is 18.3. The van der Waals surface area contributed by atoms with Gasteiger partial charge in [-0.15, -0.1) is 0 Å². The molecule has 0 aromatic carbocycles. The minimum absolute atomic E-state index is 0.234. The van der Waals surface area contributed by atoms with E-state index in [0.717, 1.165) is 37.4 Å². The van der Waals surface area contributed by atoms with Crippen molar-refractivity contribution in [2.24, 2.45) is 44.8 Å². The van der Waals surface area contributed by atoms with Gasteiger partial charge in [-0.3, -0.25) is 0 Å². The van der Waals surface area contributed by atoms with Crippen LogP contribution in [-0.4, -0.2) is 19.0 Å². The molecule has 2 unspecified atom stereocenters. The molecule has 6 rings (SSSR count). The van der Waals surface area contributed by atoms with E-state index in [4.69, 9.17) is 9.47 Å². The fourth-order valence-electron chi connectivity index (χ4n) is 10.8. The van der Waals surface area contributed by atoms with E-state index in [2.05, 4.69) is 34.6 Å². The number of rotatable bonds is 0. The van der Waals surface area contributed by atoms with Gasteiger partial charge >= 0.3 is 0 Å². The smallest absolute Gasteiger partial charge is 0.174 e. The SMILES string of the molecule is CC1(C)CCC23[C@H]4CC[C@@]5(C)[C@@H](CCC56OCCO6)[C@@H]4CCC2(C1)C3(C)C. The molecule has 6 fully saturated rings. The van der Waals surface area contributed by atoms with Crippen LogP contribution in [0.2, 0.25) is 0 Å². The Hall–Kier alpha value is -0.0800. The molecular weight excluding hydrogens is 332 g/mol. The first-order chi connectivity index (χ1) is 12.7. The Balaban J connectivity index is 1.38. The number of hydrogen-bond donors (Lipinski definition) is 0. The summed E-state index contributed by atoms with van der Waals surface area (Å²) in [4.78, 5) is 0. The largest absolute Gasteiger partial charge is 0.347 e. The van der Waals surface area contributed by atoms with E-state index < -0.39 is 0 Å². The van der Waals surface area contributed by atoms with Crippen molar-refractivity contribution in [2.75, 3.05) is 13.2 Å². The third-order valence-electron chi connectivity index (χ3n) is 11.9. The lowest BCUT2D eigenvalue weighted by molar-refractivity contribution is -0.244. The Morgan fingerprint density at radius 2 is 1.41 bits per heavy atom. The van der Waals surface area contributed by atoms with Gasteiger partial charge in [-0.2, -0.15) is 0 Å². The lowest BCUT2D eigenvalue weighted by Gasteiger charge is -2.57. The molecule has 0 radical (unpaired) electrons. The maximum absolute atomic E-state index is 6.34. The third-order valence-corrected chi connectivity index (χ3v) is 11.9. The van der Waals surface area contributed by atoms with Crippen LogP contribution in [0, 0.1) is 44.8 Å². The molecule has 152 valence electrons. The van der Waals surface area contributed by atoms with Crippen LogP contribution in [0.3, 0.4) is 0 Å². The minimum Gasteiger partial charge on any atom is -0.347 e. The van der Waals surface area contributed by atoms with Gasteiger partial charge in [-0.25, -0.2) is 0 Å². The molecule has 0 N–H and O–H groups in total. The number of ether oxygens (including phenoxy) is 2. The highest BCUT2D eigenvalue weighted by Crippen LogP contribution is 2.93. The minimum atomic E-state index is -0.234. The second kappa shape index (κ2) is 4.80. The Bertz CT molecular complexity index is 674. The van der Waals surface area contributed by atoms with Gasteiger partial charge in [0.1, 0.15) is 0 Å². The molecule has 2 nitrogen and oxygen atoms in total. The summed E-state index contributed by atoms with van der Waals surface area (Å²) >= 11 is 0. The van der Waals surface area contributed by atoms with Crippen molar-refractivity contribution in [3.8, 4) is 0 Å². The first kappa shape index (κ1) is 17.8. The molecule has 2 heteroatoms. The lowest BCUT2D eigenvalue weighted by Crippen LogP contribution is -2.54. The quantitative estimate of drug-likeness (QED) is 0.505. The molecule has 1 aliphatic heterocycles. The molecule has 1 spiro atoms. The fraction of sp³-hybridized carbons (Fsp3) is 1.00. The average Bonchev–Trinajstić information content (AvgIpc) is 2.99. The Morgan fingerprint density at radius 3 is 2.15 bits per heavy atom. The van der Waals surface area contributed by atoms with E-state index >= 15 is 0 Å². The lowest BCUT2D eigenvalue weighted by atomic mass is 9.48. The summed E-state index contributed by atoms with van der Waals surface area (Å²) in [5.74, 6) is 2.48. The van der Waals surface area contributed by atoms with E-state index in [1.54, 1.807) is 0 Å². The molecule has 1 heterocycles. The van der Waals surface area contributed by atoms with Crippen molar-refractivity contribution < 1.29 is 9.47 Å². The highest BCUT2D eigenvalue weighted by molar-refractivity contribution is 5.34. The van der Waals surface area contributed by atoms with Crippen LogP contribution in [0.5, 0.6) is 0 Å². The van der Waals surface area contributed by atoms with Gasteiger partial charge in [0.2, 0.25) is 0 Å². The maximum atomic E-state index is 6.34. The summed E-state index contributed by atoms with van der Waals surface area (Å²) in [6.07, 6.45) is 12.6. The van der Waals surface area contributed by atoms with Gasteiger partial charge in [0, 0.05) is 11.8 Å². The molecule has 5 saturated carbocycles. The summed E-state index contributed by atoms with van der Waals surface area (Å²) in [6, 6.07) is 0. The Labute approximate surface area is 166 Å². The van der Waals surface area contributed by atoms with Gasteiger partial charge in [-0.1, -0.05) is 34.6 Å². The average molecular weight is 373 g/mol. The van der Waals surface area contributed by atoms with Crippen molar-refractivity contribution >= 4 is 0 Å². The monoisotopic (exact) mass is 372 g/mol. The van der Waals surface area contributed by atoms with Crippen molar-refractivity contribution in [3.63, 3.8) is 0 Å². The second-order valence-electron chi connectivity index (χ2n) is 12.9. The molecule has 0 aromatic rings.